The van der Waals surface area contributed by atoms with E-state index >= 15 is 0 Å². The van der Waals surface area contributed by atoms with Crippen molar-refractivity contribution in [3.8, 4) is 5.69 Å². The SMILES string of the molecule is CCCCCCc1ccc(-n2c3ccsc3c3sc4c5ccccc5n(C)c4c32)cc1. The first kappa shape index (κ1) is 19.1. The molecular formula is C27H26N2S2. The Labute approximate surface area is 190 Å². The largest absolute Gasteiger partial charge is 0.341 e. The van der Waals surface area contributed by atoms with Crippen molar-refractivity contribution in [3.63, 3.8) is 0 Å². The van der Waals surface area contributed by atoms with Gasteiger partial charge in [0.15, 0.2) is 0 Å². The number of rotatable bonds is 6. The van der Waals surface area contributed by atoms with E-state index < -0.39 is 0 Å². The third-order valence-electron chi connectivity index (χ3n) is 6.53. The van der Waals surface area contributed by atoms with Gasteiger partial charge >= 0.3 is 0 Å². The van der Waals surface area contributed by atoms with Gasteiger partial charge in [-0.2, -0.15) is 0 Å². The zero-order valence-corrected chi connectivity index (χ0v) is 19.7. The lowest BCUT2D eigenvalue weighted by molar-refractivity contribution is 0.667. The van der Waals surface area contributed by atoms with Crippen LogP contribution in [0.3, 0.4) is 0 Å². The minimum absolute atomic E-state index is 1.18. The summed E-state index contributed by atoms with van der Waals surface area (Å²) in [6.45, 7) is 2.27. The molecule has 0 saturated carbocycles. The zero-order valence-electron chi connectivity index (χ0n) is 18.0. The van der Waals surface area contributed by atoms with E-state index in [1.807, 2.05) is 22.7 Å². The maximum absolute atomic E-state index is 2.49. The van der Waals surface area contributed by atoms with Gasteiger partial charge in [-0.3, -0.25) is 0 Å². The summed E-state index contributed by atoms with van der Waals surface area (Å²) >= 11 is 3.81. The molecule has 0 spiro atoms. The average Bonchev–Trinajstić information content (AvgIpc) is 3.53. The lowest BCUT2D eigenvalue weighted by Gasteiger charge is -2.09. The number of benzene rings is 2. The van der Waals surface area contributed by atoms with Crippen molar-refractivity contribution in [2.75, 3.05) is 0 Å². The van der Waals surface area contributed by atoms with Crippen LogP contribution in [-0.2, 0) is 13.5 Å². The first-order valence-corrected chi connectivity index (χ1v) is 12.9. The van der Waals surface area contributed by atoms with Crippen LogP contribution in [0.15, 0.2) is 60.0 Å². The maximum atomic E-state index is 2.49. The Morgan fingerprint density at radius 2 is 1.61 bits per heavy atom. The number of hydrogen-bond donors (Lipinski definition) is 0. The van der Waals surface area contributed by atoms with E-state index in [4.69, 9.17) is 0 Å². The molecule has 2 nitrogen and oxygen atoms in total. The van der Waals surface area contributed by atoms with Gasteiger partial charge in [-0.1, -0.05) is 56.5 Å². The molecule has 6 rings (SSSR count). The number of hydrogen-bond acceptors (Lipinski definition) is 2. The smallest absolute Gasteiger partial charge is 0.0904 e. The van der Waals surface area contributed by atoms with Crippen LogP contribution < -0.4 is 0 Å². The molecule has 4 aromatic heterocycles. The van der Waals surface area contributed by atoms with Crippen LogP contribution in [0.4, 0.5) is 0 Å². The first-order chi connectivity index (χ1) is 15.3. The van der Waals surface area contributed by atoms with Crippen LogP contribution >= 0.6 is 22.7 Å². The lowest BCUT2D eigenvalue weighted by Crippen LogP contribution is -1.96. The van der Waals surface area contributed by atoms with Gasteiger partial charge in [0.25, 0.3) is 0 Å². The summed E-state index contributed by atoms with van der Waals surface area (Å²) in [7, 11) is 2.21. The van der Waals surface area contributed by atoms with Crippen molar-refractivity contribution in [1.82, 2.24) is 9.13 Å². The van der Waals surface area contributed by atoms with E-state index in [0.29, 0.717) is 0 Å². The van der Waals surface area contributed by atoms with Gasteiger partial charge in [-0.25, -0.2) is 0 Å². The minimum Gasteiger partial charge on any atom is -0.341 e. The second-order valence-corrected chi connectivity index (χ2v) is 10.4. The summed E-state index contributed by atoms with van der Waals surface area (Å²) in [5, 5.41) is 3.59. The number of aromatic nitrogens is 2. The molecule has 0 unspecified atom stereocenters. The van der Waals surface area contributed by atoms with Gasteiger partial charge in [0.2, 0.25) is 0 Å². The Balaban J connectivity index is 1.54. The van der Waals surface area contributed by atoms with Gasteiger partial charge in [-0.15, -0.1) is 22.7 Å². The van der Waals surface area contributed by atoms with Crippen LogP contribution in [0.25, 0.3) is 47.2 Å². The van der Waals surface area contributed by atoms with Gasteiger partial charge in [-0.05, 0) is 48.1 Å². The molecule has 0 radical (unpaired) electrons. The van der Waals surface area contributed by atoms with Crippen LogP contribution in [0.2, 0.25) is 0 Å². The van der Waals surface area contributed by atoms with E-state index in [2.05, 4.69) is 83.1 Å². The van der Waals surface area contributed by atoms with Crippen LogP contribution in [0.5, 0.6) is 0 Å². The van der Waals surface area contributed by atoms with Crippen LogP contribution in [0, 0.1) is 0 Å². The van der Waals surface area contributed by atoms with Crippen molar-refractivity contribution in [1.29, 1.82) is 0 Å². The molecule has 0 aliphatic heterocycles. The number of unbranched alkanes of at least 4 members (excludes halogenated alkanes) is 3. The lowest BCUT2D eigenvalue weighted by atomic mass is 10.1. The Hall–Kier alpha value is -2.56. The number of fused-ring (bicyclic) bond motifs is 7. The number of para-hydroxylation sites is 1. The second-order valence-electron chi connectivity index (χ2n) is 8.48. The molecule has 0 aliphatic rings. The van der Waals surface area contributed by atoms with Crippen molar-refractivity contribution in [2.45, 2.75) is 39.0 Å². The summed E-state index contributed by atoms with van der Waals surface area (Å²) in [6, 6.07) is 20.4. The molecule has 31 heavy (non-hydrogen) atoms. The predicted molar refractivity (Wildman–Crippen MR) is 138 cm³/mol. The van der Waals surface area contributed by atoms with E-state index in [1.165, 1.54) is 84.9 Å². The maximum Gasteiger partial charge on any atom is 0.0904 e. The molecule has 0 atom stereocenters. The fourth-order valence-electron chi connectivity index (χ4n) is 4.95. The highest BCUT2D eigenvalue weighted by Crippen LogP contribution is 2.47. The van der Waals surface area contributed by atoms with E-state index in [0.717, 1.165) is 0 Å². The van der Waals surface area contributed by atoms with Crippen molar-refractivity contribution < 1.29 is 0 Å². The Bertz CT molecular complexity index is 1520. The number of nitrogens with zero attached hydrogens (tertiary/aromatic N) is 2. The number of thiophene rings is 2. The highest BCUT2D eigenvalue weighted by Gasteiger charge is 2.22. The molecule has 0 bridgehead atoms. The molecule has 0 amide bonds. The van der Waals surface area contributed by atoms with Crippen molar-refractivity contribution in [3.05, 3.63) is 65.5 Å². The normalized spacial score (nSPS) is 12.2. The Morgan fingerprint density at radius 1 is 0.774 bits per heavy atom. The fraction of sp³-hybridized carbons (Fsp3) is 0.259. The van der Waals surface area contributed by atoms with Crippen molar-refractivity contribution in [2.24, 2.45) is 7.05 Å². The summed E-state index contributed by atoms with van der Waals surface area (Å²) in [4.78, 5) is 0. The van der Waals surface area contributed by atoms with Crippen molar-refractivity contribution >= 4 is 64.2 Å². The summed E-state index contributed by atoms with van der Waals surface area (Å²) in [5.41, 5.74) is 8.06. The van der Waals surface area contributed by atoms with Crippen LogP contribution in [0.1, 0.15) is 38.2 Å². The monoisotopic (exact) mass is 442 g/mol. The predicted octanol–water partition coefficient (Wildman–Crippen LogP) is 8.67. The molecule has 156 valence electrons. The molecule has 0 aliphatic carbocycles. The molecular weight excluding hydrogens is 416 g/mol. The summed E-state index contributed by atoms with van der Waals surface area (Å²) in [6.07, 6.45) is 6.44. The third-order valence-corrected chi connectivity index (χ3v) is 8.80. The van der Waals surface area contributed by atoms with Crippen LogP contribution in [-0.4, -0.2) is 9.13 Å². The number of aryl methyl sites for hydroxylation is 2. The second kappa shape index (κ2) is 7.54. The van der Waals surface area contributed by atoms with E-state index in [1.54, 1.807) is 0 Å². The summed E-state index contributed by atoms with van der Waals surface area (Å²) < 4.78 is 9.09. The Kier molecular flexibility index (Phi) is 4.66. The quantitative estimate of drug-likeness (QED) is 0.228. The molecule has 4 heteroatoms. The molecule has 6 aromatic rings. The molecule has 2 aromatic carbocycles. The van der Waals surface area contributed by atoms with E-state index in [9.17, 15) is 0 Å². The topological polar surface area (TPSA) is 9.86 Å². The van der Waals surface area contributed by atoms with E-state index in [-0.39, 0.29) is 0 Å². The fourth-order valence-corrected chi connectivity index (χ4v) is 7.34. The molecule has 0 N–H and O–H groups in total. The highest BCUT2D eigenvalue weighted by molar-refractivity contribution is 7.31. The molecule has 0 saturated heterocycles. The highest BCUT2D eigenvalue weighted by atomic mass is 32.1. The van der Waals surface area contributed by atoms with Gasteiger partial charge in [0.1, 0.15) is 0 Å². The van der Waals surface area contributed by atoms with Gasteiger partial charge < -0.3 is 9.13 Å². The first-order valence-electron chi connectivity index (χ1n) is 11.2. The zero-order chi connectivity index (χ0) is 20.9. The van der Waals surface area contributed by atoms with Gasteiger partial charge in [0, 0.05) is 23.6 Å². The third kappa shape index (κ3) is 2.89. The standard InChI is InChI=1S/C27H26N2S2/c1-3-4-5-6-9-18-12-14-19(15-13-18)29-22-16-17-30-26(22)27-24(29)23-25(31-27)20-10-7-8-11-21(20)28(23)2/h7-8,10-17H,3-6,9H2,1-2H3. The van der Waals surface area contributed by atoms with Gasteiger partial charge in [0.05, 0.1) is 30.6 Å². The molecule has 4 heterocycles. The Morgan fingerprint density at radius 3 is 2.45 bits per heavy atom. The molecule has 0 fully saturated rings. The minimum atomic E-state index is 1.18. The summed E-state index contributed by atoms with van der Waals surface area (Å²) in [5.74, 6) is 0. The average molecular weight is 443 g/mol.